The van der Waals surface area contributed by atoms with Crippen molar-refractivity contribution in [2.24, 2.45) is 5.73 Å². The molecule has 1 aromatic heterocycles. The lowest BCUT2D eigenvalue weighted by atomic mass is 10.5. The van der Waals surface area contributed by atoms with Gasteiger partial charge in [0, 0.05) is 12.4 Å². The standard InChI is InChI=1S/C5H4BrN3S/c6-3-1-8-5(4(7)10)9-2-3/h1-2H,(H2,7,10). The Morgan fingerprint density at radius 1 is 1.50 bits per heavy atom. The molecule has 0 aliphatic heterocycles. The minimum absolute atomic E-state index is 0.215. The van der Waals surface area contributed by atoms with E-state index in [2.05, 4.69) is 38.1 Å². The number of aromatic nitrogens is 2. The molecule has 1 heterocycles. The second-order valence-corrected chi connectivity index (χ2v) is 2.94. The molecule has 0 radical (unpaired) electrons. The average Bonchev–Trinajstić information content (AvgIpc) is 1.88. The summed E-state index contributed by atoms with van der Waals surface area (Å²) in [5.74, 6) is 0.401. The van der Waals surface area contributed by atoms with E-state index in [0.29, 0.717) is 5.82 Å². The molecule has 0 amide bonds. The van der Waals surface area contributed by atoms with Crippen LogP contribution < -0.4 is 5.73 Å². The van der Waals surface area contributed by atoms with Gasteiger partial charge in [0.15, 0.2) is 5.82 Å². The van der Waals surface area contributed by atoms with Crippen molar-refractivity contribution in [3.05, 3.63) is 22.7 Å². The molecular weight excluding hydrogens is 214 g/mol. The van der Waals surface area contributed by atoms with Crippen molar-refractivity contribution in [1.82, 2.24) is 9.97 Å². The minimum atomic E-state index is 0.215. The van der Waals surface area contributed by atoms with Crippen LogP contribution in [0.4, 0.5) is 0 Å². The SMILES string of the molecule is NC(=S)c1ncc(Br)cn1. The number of nitrogens with two attached hydrogens (primary N) is 1. The fourth-order valence-electron chi connectivity index (χ4n) is 0.440. The molecule has 0 spiro atoms. The largest absolute Gasteiger partial charge is 0.387 e. The van der Waals surface area contributed by atoms with Crippen molar-refractivity contribution in [2.45, 2.75) is 0 Å². The van der Waals surface area contributed by atoms with Gasteiger partial charge in [-0.2, -0.15) is 0 Å². The van der Waals surface area contributed by atoms with Gasteiger partial charge in [-0.15, -0.1) is 0 Å². The Morgan fingerprint density at radius 3 is 2.40 bits per heavy atom. The monoisotopic (exact) mass is 217 g/mol. The lowest BCUT2D eigenvalue weighted by Gasteiger charge is -1.93. The molecule has 0 aliphatic carbocycles. The van der Waals surface area contributed by atoms with Crippen LogP contribution in [0.3, 0.4) is 0 Å². The summed E-state index contributed by atoms with van der Waals surface area (Å²) in [4.78, 5) is 7.92. The van der Waals surface area contributed by atoms with Crippen LogP contribution >= 0.6 is 28.1 Å². The first kappa shape index (κ1) is 7.56. The van der Waals surface area contributed by atoms with E-state index in [-0.39, 0.29) is 4.99 Å². The van der Waals surface area contributed by atoms with Crippen LogP contribution in [0.5, 0.6) is 0 Å². The summed E-state index contributed by atoms with van der Waals surface area (Å²) >= 11 is 7.83. The number of thiocarbonyl (C=S) groups is 1. The highest BCUT2D eigenvalue weighted by atomic mass is 79.9. The highest BCUT2D eigenvalue weighted by Gasteiger charge is 1.96. The maximum atomic E-state index is 5.25. The van der Waals surface area contributed by atoms with Crippen molar-refractivity contribution in [3.63, 3.8) is 0 Å². The van der Waals surface area contributed by atoms with Gasteiger partial charge in [0.25, 0.3) is 0 Å². The number of halogens is 1. The van der Waals surface area contributed by atoms with Crippen LogP contribution in [0.2, 0.25) is 0 Å². The first-order valence-corrected chi connectivity index (χ1v) is 3.67. The minimum Gasteiger partial charge on any atom is -0.387 e. The van der Waals surface area contributed by atoms with E-state index in [0.717, 1.165) is 4.47 Å². The van der Waals surface area contributed by atoms with E-state index in [1.807, 2.05) is 0 Å². The Bertz CT molecular complexity index is 246. The number of nitrogens with zero attached hydrogens (tertiary/aromatic N) is 2. The highest BCUT2D eigenvalue weighted by Crippen LogP contribution is 2.03. The molecular formula is C5H4BrN3S. The first-order chi connectivity index (χ1) is 4.70. The average molecular weight is 218 g/mol. The molecule has 0 unspecified atom stereocenters. The lowest BCUT2D eigenvalue weighted by Crippen LogP contribution is -2.13. The Hall–Kier alpha value is -0.550. The molecule has 3 nitrogen and oxygen atoms in total. The summed E-state index contributed by atoms with van der Waals surface area (Å²) < 4.78 is 0.813. The third-order valence-electron chi connectivity index (χ3n) is 0.841. The quantitative estimate of drug-likeness (QED) is 0.710. The van der Waals surface area contributed by atoms with Gasteiger partial charge in [-0.05, 0) is 15.9 Å². The number of hydrogen-bond donors (Lipinski definition) is 1. The molecule has 0 atom stereocenters. The van der Waals surface area contributed by atoms with E-state index in [9.17, 15) is 0 Å². The van der Waals surface area contributed by atoms with Gasteiger partial charge in [0.2, 0.25) is 0 Å². The number of hydrogen-bond acceptors (Lipinski definition) is 3. The summed E-state index contributed by atoms with van der Waals surface area (Å²) in [7, 11) is 0. The van der Waals surface area contributed by atoms with Gasteiger partial charge < -0.3 is 5.73 Å². The molecule has 0 aromatic carbocycles. The van der Waals surface area contributed by atoms with E-state index in [4.69, 9.17) is 5.73 Å². The second-order valence-electron chi connectivity index (χ2n) is 1.59. The Balaban J connectivity index is 3.00. The first-order valence-electron chi connectivity index (χ1n) is 2.47. The Labute approximate surface area is 71.8 Å². The highest BCUT2D eigenvalue weighted by molar-refractivity contribution is 9.10. The van der Waals surface area contributed by atoms with Gasteiger partial charge in [-0.3, -0.25) is 0 Å². The summed E-state index contributed by atoms with van der Waals surface area (Å²) in [6.07, 6.45) is 3.20. The van der Waals surface area contributed by atoms with Crippen molar-refractivity contribution in [1.29, 1.82) is 0 Å². The second kappa shape index (κ2) is 3.03. The third kappa shape index (κ3) is 1.71. The molecule has 2 N–H and O–H groups in total. The molecule has 5 heteroatoms. The van der Waals surface area contributed by atoms with Crippen LogP contribution in [0.25, 0.3) is 0 Å². The topological polar surface area (TPSA) is 51.8 Å². The lowest BCUT2D eigenvalue weighted by molar-refractivity contribution is 1.12. The molecule has 0 fully saturated rings. The molecule has 0 saturated heterocycles. The van der Waals surface area contributed by atoms with Gasteiger partial charge in [0.1, 0.15) is 4.99 Å². The summed E-state index contributed by atoms with van der Waals surface area (Å²) in [5.41, 5.74) is 5.25. The van der Waals surface area contributed by atoms with Crippen LogP contribution in [0.1, 0.15) is 5.82 Å². The van der Waals surface area contributed by atoms with E-state index in [1.54, 1.807) is 12.4 Å². The predicted molar refractivity (Wildman–Crippen MR) is 45.6 cm³/mol. The predicted octanol–water partition coefficient (Wildman–Crippen LogP) is 0.873. The maximum Gasteiger partial charge on any atom is 0.186 e. The molecule has 0 bridgehead atoms. The summed E-state index contributed by atoms with van der Waals surface area (Å²) in [6, 6.07) is 0. The molecule has 1 aromatic rings. The zero-order valence-corrected chi connectivity index (χ0v) is 7.32. The van der Waals surface area contributed by atoms with Gasteiger partial charge >= 0.3 is 0 Å². The van der Waals surface area contributed by atoms with Crippen LogP contribution in [0, 0.1) is 0 Å². The van der Waals surface area contributed by atoms with E-state index in [1.165, 1.54) is 0 Å². The van der Waals surface area contributed by atoms with Crippen molar-refractivity contribution >= 4 is 33.1 Å². The molecule has 0 aliphatic rings. The van der Waals surface area contributed by atoms with Crippen molar-refractivity contribution < 1.29 is 0 Å². The van der Waals surface area contributed by atoms with Crippen LogP contribution in [-0.2, 0) is 0 Å². The van der Waals surface area contributed by atoms with Gasteiger partial charge in [-0.1, -0.05) is 12.2 Å². The number of rotatable bonds is 1. The fraction of sp³-hybridized carbons (Fsp3) is 0. The third-order valence-corrected chi connectivity index (χ3v) is 1.43. The maximum absolute atomic E-state index is 5.25. The molecule has 1 rings (SSSR count). The summed E-state index contributed by atoms with van der Waals surface area (Å²) in [6.45, 7) is 0. The zero-order chi connectivity index (χ0) is 7.56. The molecule has 0 saturated carbocycles. The van der Waals surface area contributed by atoms with E-state index < -0.39 is 0 Å². The summed E-state index contributed by atoms with van der Waals surface area (Å²) in [5, 5.41) is 0. The van der Waals surface area contributed by atoms with Gasteiger partial charge in [0.05, 0.1) is 4.47 Å². The van der Waals surface area contributed by atoms with Crippen LogP contribution in [0.15, 0.2) is 16.9 Å². The van der Waals surface area contributed by atoms with Crippen molar-refractivity contribution in [3.8, 4) is 0 Å². The Kier molecular flexibility index (Phi) is 2.29. The fourth-order valence-corrected chi connectivity index (χ4v) is 0.750. The van der Waals surface area contributed by atoms with Crippen molar-refractivity contribution in [2.75, 3.05) is 0 Å². The Morgan fingerprint density at radius 2 is 2.00 bits per heavy atom. The molecule has 10 heavy (non-hydrogen) atoms. The van der Waals surface area contributed by atoms with Gasteiger partial charge in [-0.25, -0.2) is 9.97 Å². The normalized spacial score (nSPS) is 9.30. The van der Waals surface area contributed by atoms with Crippen LogP contribution in [-0.4, -0.2) is 15.0 Å². The smallest absolute Gasteiger partial charge is 0.186 e. The van der Waals surface area contributed by atoms with E-state index >= 15 is 0 Å². The zero-order valence-electron chi connectivity index (χ0n) is 4.91. The molecule has 52 valence electrons.